The quantitative estimate of drug-likeness (QED) is 0.705. The summed E-state index contributed by atoms with van der Waals surface area (Å²) in [6, 6.07) is -0.844. The monoisotopic (exact) mass is 261 g/mol. The summed E-state index contributed by atoms with van der Waals surface area (Å²) in [5, 5.41) is 0.402. The van der Waals surface area contributed by atoms with Crippen LogP contribution in [0.4, 0.5) is 4.79 Å². The van der Waals surface area contributed by atoms with E-state index in [-0.39, 0.29) is 6.54 Å². The van der Waals surface area contributed by atoms with Gasteiger partial charge in [-0.15, -0.1) is 0 Å². The van der Waals surface area contributed by atoms with Gasteiger partial charge in [-0.3, -0.25) is 10.1 Å². The van der Waals surface area contributed by atoms with Crippen LogP contribution in [0.5, 0.6) is 0 Å². The summed E-state index contributed by atoms with van der Waals surface area (Å²) in [4.78, 5) is 25.3. The number of nitrogens with zero attached hydrogens (tertiary/aromatic N) is 1. The van der Waals surface area contributed by atoms with Crippen molar-refractivity contribution in [3.8, 4) is 0 Å². The van der Waals surface area contributed by atoms with Crippen LogP contribution >= 0.6 is 0 Å². The average molecular weight is 261 g/mol. The third-order valence-electron chi connectivity index (χ3n) is 2.17. The van der Waals surface area contributed by atoms with E-state index in [2.05, 4.69) is 9.71 Å². The van der Waals surface area contributed by atoms with Crippen LogP contribution in [0.1, 0.15) is 20.3 Å². The van der Waals surface area contributed by atoms with Gasteiger partial charge in [0.05, 0.1) is 0 Å². The topological polar surface area (TPSA) is 105 Å². The van der Waals surface area contributed by atoms with Gasteiger partial charge in [-0.1, -0.05) is 13.8 Å². The first-order valence-electron chi connectivity index (χ1n) is 5.20. The third-order valence-corrected chi connectivity index (χ3v) is 3.79. The molecule has 0 saturated carbocycles. The van der Waals surface area contributed by atoms with Crippen molar-refractivity contribution in [3.05, 3.63) is 0 Å². The van der Waals surface area contributed by atoms with E-state index in [0.29, 0.717) is 12.3 Å². The fourth-order valence-corrected chi connectivity index (χ4v) is 2.36. The van der Waals surface area contributed by atoms with Gasteiger partial charge in [0.2, 0.25) is 10.0 Å². The Morgan fingerprint density at radius 1 is 1.47 bits per heavy atom. The maximum absolute atomic E-state index is 11.7. The maximum Gasteiger partial charge on any atom is 0.347 e. The smallest absolute Gasteiger partial charge is 0.275 e. The van der Waals surface area contributed by atoms with Crippen LogP contribution in [0.15, 0.2) is 4.99 Å². The Kier molecular flexibility index (Phi) is 4.35. The molecule has 0 bridgehead atoms. The summed E-state index contributed by atoms with van der Waals surface area (Å²) in [5.74, 6) is -0.518. The highest BCUT2D eigenvalue weighted by molar-refractivity contribution is 7.91. The van der Waals surface area contributed by atoms with Gasteiger partial charge >= 0.3 is 6.03 Å². The number of amides is 3. The van der Waals surface area contributed by atoms with Gasteiger partial charge in [0.1, 0.15) is 0 Å². The van der Waals surface area contributed by atoms with Crippen LogP contribution in [0, 0.1) is 5.92 Å². The number of aliphatic imine (C=N–C) groups is 1. The predicted octanol–water partition coefficient (Wildman–Crippen LogP) is -0.359. The summed E-state index contributed by atoms with van der Waals surface area (Å²) >= 11 is 0. The van der Waals surface area contributed by atoms with Crippen LogP contribution in [-0.4, -0.2) is 38.4 Å². The zero-order valence-corrected chi connectivity index (χ0v) is 10.5. The van der Waals surface area contributed by atoms with E-state index in [1.54, 1.807) is 0 Å². The normalized spacial score (nSPS) is 20.8. The lowest BCUT2D eigenvalue weighted by molar-refractivity contribution is -0.118. The molecule has 2 N–H and O–H groups in total. The van der Waals surface area contributed by atoms with E-state index in [1.807, 2.05) is 19.2 Å². The average Bonchev–Trinajstić information content (AvgIpc) is 2.15. The van der Waals surface area contributed by atoms with Crippen molar-refractivity contribution in [2.75, 3.05) is 6.54 Å². The molecular formula is C9H15N3O4S. The van der Waals surface area contributed by atoms with Gasteiger partial charge in [-0.2, -0.15) is 0 Å². The van der Waals surface area contributed by atoms with Crippen molar-refractivity contribution < 1.29 is 18.0 Å². The van der Waals surface area contributed by atoms with Crippen molar-refractivity contribution >= 4 is 28.2 Å². The highest BCUT2D eigenvalue weighted by atomic mass is 32.2. The van der Waals surface area contributed by atoms with Gasteiger partial charge in [-0.25, -0.2) is 22.9 Å². The molecule has 0 aromatic heterocycles. The minimum absolute atomic E-state index is 0.256. The molecule has 0 spiro atoms. The van der Waals surface area contributed by atoms with Crippen LogP contribution in [0.3, 0.4) is 0 Å². The zero-order valence-electron chi connectivity index (χ0n) is 9.63. The molecule has 96 valence electrons. The van der Waals surface area contributed by atoms with Crippen LogP contribution < -0.4 is 10.0 Å². The SMILES string of the molecule is CC(C)CCNS(=O)(=O)C1C=NC(=O)NC1=O. The van der Waals surface area contributed by atoms with E-state index >= 15 is 0 Å². The van der Waals surface area contributed by atoms with Gasteiger partial charge in [0, 0.05) is 12.8 Å². The molecule has 0 radical (unpaired) electrons. The Labute approximate surface area is 99.7 Å². The van der Waals surface area contributed by atoms with Crippen LogP contribution in [0.2, 0.25) is 0 Å². The molecule has 7 nitrogen and oxygen atoms in total. The minimum atomic E-state index is -3.82. The first-order valence-corrected chi connectivity index (χ1v) is 6.75. The largest absolute Gasteiger partial charge is 0.347 e. The molecular weight excluding hydrogens is 246 g/mol. The Morgan fingerprint density at radius 2 is 2.12 bits per heavy atom. The van der Waals surface area contributed by atoms with Gasteiger partial charge < -0.3 is 0 Å². The summed E-state index contributed by atoms with van der Waals surface area (Å²) in [7, 11) is -3.82. The number of carbonyl (C=O) groups excluding carboxylic acids is 2. The molecule has 0 aromatic carbocycles. The van der Waals surface area contributed by atoms with Gasteiger partial charge in [0.25, 0.3) is 5.91 Å². The molecule has 8 heteroatoms. The molecule has 0 aliphatic carbocycles. The Balaban J connectivity index is 2.67. The van der Waals surface area contributed by atoms with E-state index in [1.165, 1.54) is 0 Å². The number of nitrogens with one attached hydrogen (secondary N) is 2. The summed E-state index contributed by atoms with van der Waals surface area (Å²) in [5.41, 5.74) is 0. The maximum atomic E-state index is 11.7. The number of rotatable bonds is 5. The lowest BCUT2D eigenvalue weighted by Gasteiger charge is -2.16. The van der Waals surface area contributed by atoms with Crippen LogP contribution in [-0.2, 0) is 14.8 Å². The highest BCUT2D eigenvalue weighted by Gasteiger charge is 2.34. The third kappa shape index (κ3) is 3.90. The first kappa shape index (κ1) is 13.8. The van der Waals surface area contributed by atoms with E-state index in [4.69, 9.17) is 0 Å². The van der Waals surface area contributed by atoms with Gasteiger partial charge in [-0.05, 0) is 12.3 Å². The highest BCUT2D eigenvalue weighted by Crippen LogP contribution is 2.03. The van der Waals surface area contributed by atoms with E-state index < -0.39 is 27.2 Å². The zero-order chi connectivity index (χ0) is 13.1. The second kappa shape index (κ2) is 5.37. The fourth-order valence-electron chi connectivity index (χ4n) is 1.21. The molecule has 1 aliphatic rings. The molecule has 0 aromatic rings. The summed E-state index contributed by atoms with van der Waals surface area (Å²) < 4.78 is 25.7. The number of urea groups is 1. The van der Waals surface area contributed by atoms with Crippen molar-refractivity contribution in [1.82, 2.24) is 10.0 Å². The Hall–Kier alpha value is -1.28. The van der Waals surface area contributed by atoms with Crippen molar-refractivity contribution in [2.24, 2.45) is 10.9 Å². The standard InChI is InChI=1S/C9H15N3O4S/c1-6(2)3-4-11-17(15,16)7-5-10-9(14)12-8(7)13/h5-7,11H,3-4H2,1-2H3,(H,12,13,14). The Morgan fingerprint density at radius 3 is 2.65 bits per heavy atom. The first-order chi connectivity index (χ1) is 7.83. The molecule has 1 aliphatic heterocycles. The molecule has 1 heterocycles. The molecule has 17 heavy (non-hydrogen) atoms. The van der Waals surface area contributed by atoms with Gasteiger partial charge in [0.15, 0.2) is 5.25 Å². The molecule has 3 amide bonds. The van der Waals surface area contributed by atoms with Crippen LogP contribution in [0.25, 0.3) is 0 Å². The second-order valence-corrected chi connectivity index (χ2v) is 6.00. The minimum Gasteiger partial charge on any atom is -0.275 e. The molecule has 1 atom stereocenters. The van der Waals surface area contributed by atoms with Crippen molar-refractivity contribution in [3.63, 3.8) is 0 Å². The Bertz CT molecular complexity index is 441. The lowest BCUT2D eigenvalue weighted by atomic mass is 10.1. The molecule has 0 saturated heterocycles. The molecule has 1 rings (SSSR count). The summed E-state index contributed by atoms with van der Waals surface area (Å²) in [6.07, 6.45) is 1.52. The number of imide groups is 1. The van der Waals surface area contributed by atoms with Crippen molar-refractivity contribution in [2.45, 2.75) is 25.5 Å². The number of sulfonamides is 1. The van der Waals surface area contributed by atoms with Crippen molar-refractivity contribution in [1.29, 1.82) is 0 Å². The van der Waals surface area contributed by atoms with E-state index in [0.717, 1.165) is 6.21 Å². The molecule has 1 unspecified atom stereocenters. The second-order valence-electron chi connectivity index (χ2n) is 4.12. The molecule has 0 fully saturated rings. The predicted molar refractivity (Wildman–Crippen MR) is 62.2 cm³/mol. The summed E-state index contributed by atoms with van der Waals surface area (Å²) in [6.45, 7) is 4.18. The number of carbonyl (C=O) groups is 2. The number of hydrogen-bond acceptors (Lipinski definition) is 4. The fraction of sp³-hybridized carbons (Fsp3) is 0.667. The lowest BCUT2D eigenvalue weighted by Crippen LogP contribution is -2.50. The number of hydrogen-bond donors (Lipinski definition) is 2. The van der Waals surface area contributed by atoms with E-state index in [9.17, 15) is 18.0 Å².